The molecule has 88 valence electrons. The molecule has 0 saturated heterocycles. The maximum Gasteiger partial charge on any atom is 0.232 e. The van der Waals surface area contributed by atoms with Gasteiger partial charge in [-0.3, -0.25) is 4.79 Å². The lowest BCUT2D eigenvalue weighted by atomic mass is 10.2. The van der Waals surface area contributed by atoms with Gasteiger partial charge in [-0.05, 0) is 11.8 Å². The highest BCUT2D eigenvalue weighted by Gasteiger charge is 2.12. The SMILES string of the molecule is CSCC(=O)N(CCBr)Cc1ccccc1. The molecule has 0 aromatic heterocycles. The van der Waals surface area contributed by atoms with E-state index in [0.29, 0.717) is 12.3 Å². The molecule has 0 heterocycles. The van der Waals surface area contributed by atoms with Crippen LogP contribution in [0.4, 0.5) is 0 Å². The van der Waals surface area contributed by atoms with E-state index in [9.17, 15) is 4.79 Å². The molecule has 1 amide bonds. The second-order valence-corrected chi connectivity index (χ2v) is 5.08. The van der Waals surface area contributed by atoms with Crippen molar-refractivity contribution in [1.29, 1.82) is 0 Å². The standard InChI is InChI=1S/C12H16BrNOS/c1-16-10-12(15)14(8-7-13)9-11-5-3-2-4-6-11/h2-6H,7-10H2,1H3. The van der Waals surface area contributed by atoms with E-state index in [1.165, 1.54) is 5.56 Å². The molecule has 16 heavy (non-hydrogen) atoms. The van der Waals surface area contributed by atoms with Gasteiger partial charge in [0.2, 0.25) is 5.91 Å². The highest BCUT2D eigenvalue weighted by atomic mass is 79.9. The molecular formula is C12H16BrNOS. The summed E-state index contributed by atoms with van der Waals surface area (Å²) in [7, 11) is 0. The van der Waals surface area contributed by atoms with E-state index in [0.717, 1.165) is 11.9 Å². The van der Waals surface area contributed by atoms with Crippen LogP contribution in [0.3, 0.4) is 0 Å². The largest absolute Gasteiger partial charge is 0.337 e. The molecule has 4 heteroatoms. The first-order valence-electron chi connectivity index (χ1n) is 5.14. The lowest BCUT2D eigenvalue weighted by Gasteiger charge is -2.21. The van der Waals surface area contributed by atoms with E-state index in [-0.39, 0.29) is 5.91 Å². The molecule has 0 radical (unpaired) electrons. The minimum Gasteiger partial charge on any atom is -0.337 e. The van der Waals surface area contributed by atoms with Crippen LogP contribution in [0.1, 0.15) is 5.56 Å². The van der Waals surface area contributed by atoms with Gasteiger partial charge in [-0.2, -0.15) is 11.8 Å². The van der Waals surface area contributed by atoms with Gasteiger partial charge in [-0.25, -0.2) is 0 Å². The lowest BCUT2D eigenvalue weighted by Crippen LogP contribution is -2.33. The fraction of sp³-hybridized carbons (Fsp3) is 0.417. The van der Waals surface area contributed by atoms with Gasteiger partial charge in [0.1, 0.15) is 0 Å². The number of benzene rings is 1. The smallest absolute Gasteiger partial charge is 0.232 e. The van der Waals surface area contributed by atoms with E-state index in [1.807, 2.05) is 41.5 Å². The monoisotopic (exact) mass is 301 g/mol. The van der Waals surface area contributed by atoms with Crippen molar-refractivity contribution in [3.05, 3.63) is 35.9 Å². The van der Waals surface area contributed by atoms with Gasteiger partial charge >= 0.3 is 0 Å². The Labute approximate surface area is 110 Å². The van der Waals surface area contributed by atoms with Crippen LogP contribution >= 0.6 is 27.7 Å². The first-order valence-corrected chi connectivity index (χ1v) is 7.66. The highest BCUT2D eigenvalue weighted by molar-refractivity contribution is 9.09. The molecule has 0 N–H and O–H groups in total. The Balaban J connectivity index is 2.60. The fourth-order valence-electron chi connectivity index (χ4n) is 1.41. The third-order valence-corrected chi connectivity index (χ3v) is 3.08. The van der Waals surface area contributed by atoms with Crippen molar-refractivity contribution in [3.63, 3.8) is 0 Å². The van der Waals surface area contributed by atoms with Gasteiger partial charge in [0, 0.05) is 18.4 Å². The fourth-order valence-corrected chi connectivity index (χ4v) is 2.27. The van der Waals surface area contributed by atoms with Crippen molar-refractivity contribution in [3.8, 4) is 0 Å². The molecule has 0 bridgehead atoms. The average Bonchev–Trinajstić information content (AvgIpc) is 2.30. The van der Waals surface area contributed by atoms with Crippen LogP contribution in [0.5, 0.6) is 0 Å². The maximum atomic E-state index is 11.8. The number of hydrogen-bond acceptors (Lipinski definition) is 2. The van der Waals surface area contributed by atoms with Crippen molar-refractivity contribution in [2.45, 2.75) is 6.54 Å². The number of thioether (sulfide) groups is 1. The van der Waals surface area contributed by atoms with Gasteiger partial charge in [-0.15, -0.1) is 0 Å². The summed E-state index contributed by atoms with van der Waals surface area (Å²) in [6.45, 7) is 1.46. The summed E-state index contributed by atoms with van der Waals surface area (Å²) in [5, 5.41) is 0.819. The quantitative estimate of drug-likeness (QED) is 0.753. The van der Waals surface area contributed by atoms with Crippen molar-refractivity contribution >= 4 is 33.6 Å². The molecule has 0 aliphatic carbocycles. The molecule has 1 aromatic carbocycles. The molecule has 0 aliphatic heterocycles. The second kappa shape index (κ2) is 7.74. The summed E-state index contributed by atoms with van der Waals surface area (Å²) in [5.41, 5.74) is 1.18. The Bertz CT molecular complexity index is 318. The Morgan fingerprint density at radius 2 is 2.06 bits per heavy atom. The van der Waals surface area contributed by atoms with Crippen LogP contribution in [-0.2, 0) is 11.3 Å². The first-order chi connectivity index (χ1) is 7.77. The third kappa shape index (κ3) is 4.58. The lowest BCUT2D eigenvalue weighted by molar-refractivity contribution is -0.128. The maximum absolute atomic E-state index is 11.8. The summed E-state index contributed by atoms with van der Waals surface area (Å²) in [4.78, 5) is 13.7. The molecule has 1 rings (SSSR count). The Hall–Kier alpha value is -0.480. The summed E-state index contributed by atoms with van der Waals surface area (Å²) in [6, 6.07) is 10.1. The molecule has 0 aliphatic rings. The molecule has 1 aromatic rings. The molecule has 0 spiro atoms. The number of nitrogens with zero attached hydrogens (tertiary/aromatic N) is 1. The predicted octanol–water partition coefficient (Wildman–Crippen LogP) is 2.77. The van der Waals surface area contributed by atoms with Gasteiger partial charge in [0.25, 0.3) is 0 Å². The van der Waals surface area contributed by atoms with E-state index in [1.54, 1.807) is 11.8 Å². The third-order valence-electron chi connectivity index (χ3n) is 2.19. The summed E-state index contributed by atoms with van der Waals surface area (Å²) >= 11 is 4.95. The number of carbonyl (C=O) groups is 1. The number of hydrogen-bond donors (Lipinski definition) is 0. The van der Waals surface area contributed by atoms with Crippen molar-refractivity contribution < 1.29 is 4.79 Å². The molecule has 0 fully saturated rings. The van der Waals surface area contributed by atoms with E-state index in [2.05, 4.69) is 15.9 Å². The van der Waals surface area contributed by atoms with Crippen molar-refractivity contribution in [1.82, 2.24) is 4.90 Å². The van der Waals surface area contributed by atoms with E-state index < -0.39 is 0 Å². The van der Waals surface area contributed by atoms with Gasteiger partial charge in [-0.1, -0.05) is 46.3 Å². The molecule has 2 nitrogen and oxygen atoms in total. The molecule has 0 saturated carbocycles. The van der Waals surface area contributed by atoms with E-state index >= 15 is 0 Å². The molecule has 0 atom stereocenters. The van der Waals surface area contributed by atoms with E-state index in [4.69, 9.17) is 0 Å². The van der Waals surface area contributed by atoms with Crippen molar-refractivity contribution in [2.75, 3.05) is 23.9 Å². The zero-order chi connectivity index (χ0) is 11.8. The summed E-state index contributed by atoms with van der Waals surface area (Å²) < 4.78 is 0. The highest BCUT2D eigenvalue weighted by Crippen LogP contribution is 2.07. The van der Waals surface area contributed by atoms with Crippen molar-refractivity contribution in [2.24, 2.45) is 0 Å². The second-order valence-electron chi connectivity index (χ2n) is 3.42. The molecule has 0 unspecified atom stereocenters. The van der Waals surface area contributed by atoms with Crippen LogP contribution in [0.25, 0.3) is 0 Å². The van der Waals surface area contributed by atoms with Crippen LogP contribution < -0.4 is 0 Å². The number of amides is 1. The van der Waals surface area contributed by atoms with Crippen LogP contribution in [0.2, 0.25) is 0 Å². The topological polar surface area (TPSA) is 20.3 Å². The summed E-state index contributed by atoms with van der Waals surface area (Å²) in [6.07, 6.45) is 1.95. The number of carbonyl (C=O) groups excluding carboxylic acids is 1. The minimum atomic E-state index is 0.204. The average molecular weight is 302 g/mol. The normalized spacial score (nSPS) is 10.1. The number of alkyl halides is 1. The minimum absolute atomic E-state index is 0.204. The van der Waals surface area contributed by atoms with Gasteiger partial charge in [0.05, 0.1) is 5.75 Å². The number of rotatable bonds is 6. The summed E-state index contributed by atoms with van der Waals surface area (Å²) in [5.74, 6) is 0.760. The zero-order valence-electron chi connectivity index (χ0n) is 9.36. The Morgan fingerprint density at radius 3 is 2.62 bits per heavy atom. The van der Waals surface area contributed by atoms with Gasteiger partial charge < -0.3 is 4.90 Å². The van der Waals surface area contributed by atoms with Crippen LogP contribution in [0.15, 0.2) is 30.3 Å². The van der Waals surface area contributed by atoms with Gasteiger partial charge in [0.15, 0.2) is 0 Å². The Kier molecular flexibility index (Phi) is 6.57. The first kappa shape index (κ1) is 13.6. The number of halogens is 1. The molecular weight excluding hydrogens is 286 g/mol. The predicted molar refractivity (Wildman–Crippen MR) is 74.0 cm³/mol. The van der Waals surface area contributed by atoms with Crippen LogP contribution in [-0.4, -0.2) is 34.7 Å². The Morgan fingerprint density at radius 1 is 1.38 bits per heavy atom. The van der Waals surface area contributed by atoms with Crippen LogP contribution in [0, 0.1) is 0 Å². The zero-order valence-corrected chi connectivity index (χ0v) is 11.8.